The molecule has 110 valence electrons. The summed E-state index contributed by atoms with van der Waals surface area (Å²) in [6.07, 6.45) is 0.0666. The highest BCUT2D eigenvalue weighted by atomic mass is 35.5. The van der Waals surface area contributed by atoms with Crippen LogP contribution in [0.2, 0.25) is 5.02 Å². The van der Waals surface area contributed by atoms with Gasteiger partial charge in [0.1, 0.15) is 0 Å². The molecule has 1 amide bonds. The molecule has 2 rings (SSSR count). The van der Waals surface area contributed by atoms with Crippen LogP contribution in [0.4, 0.5) is 5.69 Å². The fourth-order valence-corrected chi connectivity index (χ4v) is 2.55. The number of halogens is 1. The highest BCUT2D eigenvalue weighted by Crippen LogP contribution is 2.24. The van der Waals surface area contributed by atoms with Gasteiger partial charge in [-0.05, 0) is 39.0 Å². The first-order chi connectivity index (χ1) is 9.52. The van der Waals surface area contributed by atoms with E-state index in [1.54, 1.807) is 12.1 Å². The molecule has 1 fully saturated rings. The fourth-order valence-electron chi connectivity index (χ4n) is 2.38. The normalized spacial score (nSPS) is 22.7. The number of carbonyl (C=O) groups excluding carboxylic acids is 1. The Balaban J connectivity index is 2.29. The third-order valence-corrected chi connectivity index (χ3v) is 3.68. The van der Waals surface area contributed by atoms with Crippen molar-refractivity contribution in [1.29, 1.82) is 0 Å². The number of nitrogens with one attached hydrogen (secondary N) is 1. The molecule has 1 saturated heterocycles. The Morgan fingerprint density at radius 3 is 2.95 bits per heavy atom. The van der Waals surface area contributed by atoms with E-state index in [4.69, 9.17) is 16.3 Å². The molecule has 0 saturated carbocycles. The molecule has 0 aliphatic carbocycles. The van der Waals surface area contributed by atoms with Gasteiger partial charge in [-0.25, -0.2) is 0 Å². The number of ether oxygens (including phenoxy) is 1. The van der Waals surface area contributed by atoms with Crippen molar-refractivity contribution >= 4 is 23.2 Å². The van der Waals surface area contributed by atoms with Gasteiger partial charge in [0.25, 0.3) is 5.91 Å². The van der Waals surface area contributed by atoms with Crippen LogP contribution in [-0.4, -0.2) is 42.6 Å². The SMILES string of the molecule is CCNc1ccc(Cl)cc1C(=O)N1CC(C)OCC1C. The van der Waals surface area contributed by atoms with Crippen LogP contribution in [0, 0.1) is 0 Å². The van der Waals surface area contributed by atoms with E-state index in [9.17, 15) is 4.79 Å². The smallest absolute Gasteiger partial charge is 0.256 e. The summed E-state index contributed by atoms with van der Waals surface area (Å²) >= 11 is 6.04. The first-order valence-electron chi connectivity index (χ1n) is 6.99. The zero-order valence-corrected chi connectivity index (χ0v) is 12.9. The van der Waals surface area contributed by atoms with E-state index < -0.39 is 0 Å². The van der Waals surface area contributed by atoms with E-state index in [1.165, 1.54) is 0 Å². The van der Waals surface area contributed by atoms with Gasteiger partial charge in [0, 0.05) is 23.8 Å². The van der Waals surface area contributed by atoms with Crippen molar-refractivity contribution in [3.8, 4) is 0 Å². The summed E-state index contributed by atoms with van der Waals surface area (Å²) in [4.78, 5) is 14.6. The lowest BCUT2D eigenvalue weighted by molar-refractivity contribution is -0.0386. The average Bonchev–Trinajstić information content (AvgIpc) is 2.43. The monoisotopic (exact) mass is 296 g/mol. The summed E-state index contributed by atoms with van der Waals surface area (Å²) in [7, 11) is 0. The first-order valence-corrected chi connectivity index (χ1v) is 7.36. The van der Waals surface area contributed by atoms with Crippen molar-refractivity contribution < 1.29 is 9.53 Å². The minimum absolute atomic E-state index is 0.00565. The Morgan fingerprint density at radius 2 is 2.25 bits per heavy atom. The molecular formula is C15H21ClN2O2. The predicted octanol–water partition coefficient (Wildman–Crippen LogP) is 3.02. The molecular weight excluding hydrogens is 276 g/mol. The molecule has 0 aromatic heterocycles. The second kappa shape index (κ2) is 6.46. The van der Waals surface area contributed by atoms with Crippen LogP contribution in [0.25, 0.3) is 0 Å². The Morgan fingerprint density at radius 1 is 1.50 bits per heavy atom. The Kier molecular flexibility index (Phi) is 4.89. The molecule has 20 heavy (non-hydrogen) atoms. The molecule has 1 N–H and O–H groups in total. The molecule has 0 radical (unpaired) electrons. The lowest BCUT2D eigenvalue weighted by Gasteiger charge is -2.37. The summed E-state index contributed by atoms with van der Waals surface area (Å²) in [5, 5.41) is 3.79. The fraction of sp³-hybridized carbons (Fsp3) is 0.533. The van der Waals surface area contributed by atoms with E-state index in [0.29, 0.717) is 23.7 Å². The number of amides is 1. The molecule has 4 nitrogen and oxygen atoms in total. The molecule has 1 aromatic rings. The topological polar surface area (TPSA) is 41.6 Å². The average molecular weight is 297 g/mol. The van der Waals surface area contributed by atoms with E-state index in [0.717, 1.165) is 12.2 Å². The summed E-state index contributed by atoms with van der Waals surface area (Å²) in [6, 6.07) is 5.46. The summed E-state index contributed by atoms with van der Waals surface area (Å²) < 4.78 is 5.57. The first kappa shape index (κ1) is 15.1. The molecule has 0 bridgehead atoms. The van der Waals surface area contributed by atoms with Gasteiger partial charge in [-0.1, -0.05) is 11.6 Å². The van der Waals surface area contributed by atoms with Gasteiger partial charge < -0.3 is 15.0 Å². The number of rotatable bonds is 3. The van der Waals surface area contributed by atoms with Crippen molar-refractivity contribution in [2.45, 2.75) is 32.9 Å². The summed E-state index contributed by atoms with van der Waals surface area (Å²) in [5.41, 5.74) is 1.45. The maximum Gasteiger partial charge on any atom is 0.256 e. The van der Waals surface area contributed by atoms with Crippen LogP contribution in [0.5, 0.6) is 0 Å². The van der Waals surface area contributed by atoms with Crippen LogP contribution in [0.3, 0.4) is 0 Å². The third-order valence-electron chi connectivity index (χ3n) is 3.45. The zero-order chi connectivity index (χ0) is 14.7. The molecule has 0 spiro atoms. The van der Waals surface area contributed by atoms with Crippen molar-refractivity contribution in [2.75, 3.05) is 25.0 Å². The highest BCUT2D eigenvalue weighted by Gasteiger charge is 2.29. The van der Waals surface area contributed by atoms with Crippen LogP contribution in [0.1, 0.15) is 31.1 Å². The standard InChI is InChI=1S/C15H21ClN2O2/c1-4-17-14-6-5-12(16)7-13(14)15(19)18-8-11(3)20-9-10(18)2/h5-7,10-11,17H,4,8-9H2,1-3H3. The molecule has 1 heterocycles. The molecule has 2 atom stereocenters. The van der Waals surface area contributed by atoms with E-state index >= 15 is 0 Å². The molecule has 2 unspecified atom stereocenters. The van der Waals surface area contributed by atoms with Crippen molar-refractivity contribution in [3.63, 3.8) is 0 Å². The van der Waals surface area contributed by atoms with Gasteiger partial charge in [-0.3, -0.25) is 4.79 Å². The largest absolute Gasteiger partial charge is 0.385 e. The van der Waals surface area contributed by atoms with Crippen LogP contribution >= 0.6 is 11.6 Å². The number of morpholine rings is 1. The van der Waals surface area contributed by atoms with Crippen molar-refractivity contribution in [3.05, 3.63) is 28.8 Å². The minimum atomic E-state index is 0.00565. The maximum atomic E-state index is 12.8. The lowest BCUT2D eigenvalue weighted by Crippen LogP contribution is -2.50. The Bertz CT molecular complexity index is 493. The molecule has 1 aliphatic heterocycles. The summed E-state index contributed by atoms with van der Waals surface area (Å²) in [5.74, 6) is 0.00565. The number of nitrogens with zero attached hydrogens (tertiary/aromatic N) is 1. The van der Waals surface area contributed by atoms with Gasteiger partial charge >= 0.3 is 0 Å². The number of carbonyl (C=O) groups is 1. The van der Waals surface area contributed by atoms with Crippen molar-refractivity contribution in [1.82, 2.24) is 4.90 Å². The Hall–Kier alpha value is -1.26. The number of hydrogen-bond donors (Lipinski definition) is 1. The summed E-state index contributed by atoms with van der Waals surface area (Å²) in [6.45, 7) is 7.93. The minimum Gasteiger partial charge on any atom is -0.385 e. The quantitative estimate of drug-likeness (QED) is 0.932. The third kappa shape index (κ3) is 3.25. The van der Waals surface area contributed by atoms with Crippen LogP contribution in [0.15, 0.2) is 18.2 Å². The number of benzene rings is 1. The van der Waals surface area contributed by atoms with Gasteiger partial charge in [0.05, 0.1) is 24.3 Å². The molecule has 5 heteroatoms. The zero-order valence-electron chi connectivity index (χ0n) is 12.1. The van der Waals surface area contributed by atoms with Gasteiger partial charge in [0.15, 0.2) is 0 Å². The molecule has 1 aliphatic rings. The number of anilines is 1. The van der Waals surface area contributed by atoms with Crippen LogP contribution < -0.4 is 5.32 Å². The van der Waals surface area contributed by atoms with E-state index in [-0.39, 0.29) is 18.1 Å². The highest BCUT2D eigenvalue weighted by molar-refractivity contribution is 6.31. The predicted molar refractivity (Wildman–Crippen MR) is 81.5 cm³/mol. The van der Waals surface area contributed by atoms with Crippen LogP contribution in [-0.2, 0) is 4.74 Å². The van der Waals surface area contributed by atoms with Crippen molar-refractivity contribution in [2.24, 2.45) is 0 Å². The second-order valence-electron chi connectivity index (χ2n) is 5.17. The Labute approximate surface area is 125 Å². The maximum absolute atomic E-state index is 12.8. The number of hydrogen-bond acceptors (Lipinski definition) is 3. The molecule has 1 aromatic carbocycles. The lowest BCUT2D eigenvalue weighted by atomic mass is 10.1. The van der Waals surface area contributed by atoms with Gasteiger partial charge in [-0.2, -0.15) is 0 Å². The second-order valence-corrected chi connectivity index (χ2v) is 5.61. The van der Waals surface area contributed by atoms with E-state index in [2.05, 4.69) is 5.32 Å². The van der Waals surface area contributed by atoms with E-state index in [1.807, 2.05) is 31.7 Å². The van der Waals surface area contributed by atoms with Gasteiger partial charge in [0.2, 0.25) is 0 Å². The van der Waals surface area contributed by atoms with Gasteiger partial charge in [-0.15, -0.1) is 0 Å².